The van der Waals surface area contributed by atoms with Gasteiger partial charge in [-0.1, -0.05) is 20.8 Å². The van der Waals surface area contributed by atoms with E-state index in [9.17, 15) is 9.90 Å². The zero-order valence-electron chi connectivity index (χ0n) is 13.7. The number of hydrogen-bond acceptors (Lipinski definition) is 4. The molecule has 1 atom stereocenters. The van der Waals surface area contributed by atoms with Crippen molar-refractivity contribution in [3.05, 3.63) is 36.7 Å². The first-order valence-electron chi connectivity index (χ1n) is 7.56. The summed E-state index contributed by atoms with van der Waals surface area (Å²) in [6, 6.07) is 6.58. The van der Waals surface area contributed by atoms with Crippen molar-refractivity contribution in [3.8, 4) is 11.5 Å². The molecule has 0 aliphatic rings. The molecule has 1 aromatic carbocycles. The van der Waals surface area contributed by atoms with Crippen LogP contribution in [0.5, 0.6) is 0 Å². The second-order valence-electron chi connectivity index (χ2n) is 6.66. The van der Waals surface area contributed by atoms with Crippen molar-refractivity contribution in [1.82, 2.24) is 10.3 Å². The van der Waals surface area contributed by atoms with Gasteiger partial charge in [-0.3, -0.25) is 0 Å². The van der Waals surface area contributed by atoms with Crippen molar-refractivity contribution in [2.75, 3.05) is 11.9 Å². The Morgan fingerprint density at radius 1 is 1.30 bits per heavy atom. The third kappa shape index (κ3) is 5.41. The zero-order chi connectivity index (χ0) is 16.9. The zero-order valence-corrected chi connectivity index (χ0v) is 13.7. The van der Waals surface area contributed by atoms with E-state index in [1.54, 1.807) is 18.3 Å². The number of hydrogen-bond donors (Lipinski definition) is 3. The highest BCUT2D eigenvalue weighted by Gasteiger charge is 2.19. The predicted octanol–water partition coefficient (Wildman–Crippen LogP) is 3.26. The summed E-state index contributed by atoms with van der Waals surface area (Å²) in [6.07, 6.45) is 3.79. The van der Waals surface area contributed by atoms with Crippen LogP contribution in [0.15, 0.2) is 41.1 Å². The Morgan fingerprint density at radius 2 is 2.00 bits per heavy atom. The van der Waals surface area contributed by atoms with Crippen LogP contribution in [0.25, 0.3) is 11.5 Å². The molecule has 23 heavy (non-hydrogen) atoms. The van der Waals surface area contributed by atoms with Gasteiger partial charge in [0.05, 0.1) is 18.8 Å². The monoisotopic (exact) mass is 317 g/mol. The highest BCUT2D eigenvalue weighted by Crippen LogP contribution is 2.21. The summed E-state index contributed by atoms with van der Waals surface area (Å²) in [5.74, 6) is 0.534. The number of carbonyl (C=O) groups excluding carboxylic acids is 1. The van der Waals surface area contributed by atoms with E-state index in [1.165, 1.54) is 6.26 Å². The molecule has 0 aliphatic heterocycles. The second kappa shape index (κ2) is 7.28. The normalized spacial score (nSPS) is 12.7. The lowest BCUT2D eigenvalue weighted by Crippen LogP contribution is -2.42. The van der Waals surface area contributed by atoms with Gasteiger partial charge in [-0.25, -0.2) is 9.78 Å². The molecule has 6 nitrogen and oxygen atoms in total. The van der Waals surface area contributed by atoms with Gasteiger partial charge in [-0.15, -0.1) is 0 Å². The fourth-order valence-corrected chi connectivity index (χ4v) is 2.32. The van der Waals surface area contributed by atoms with Gasteiger partial charge >= 0.3 is 6.03 Å². The molecule has 124 valence electrons. The Labute approximate surface area is 135 Å². The van der Waals surface area contributed by atoms with Gasteiger partial charge in [0, 0.05) is 11.3 Å². The lowest BCUT2D eigenvalue weighted by molar-refractivity contribution is 0.196. The number of aliphatic hydroxyl groups excluding tert-OH is 1. The largest absolute Gasteiger partial charge is 0.445 e. The summed E-state index contributed by atoms with van der Waals surface area (Å²) in [7, 11) is 0. The fraction of sp³-hybridized carbons (Fsp3) is 0.412. The van der Waals surface area contributed by atoms with Crippen molar-refractivity contribution in [2.24, 2.45) is 5.41 Å². The van der Waals surface area contributed by atoms with Gasteiger partial charge in [-0.05, 0) is 36.1 Å². The van der Waals surface area contributed by atoms with Gasteiger partial charge in [0.25, 0.3) is 0 Å². The first-order valence-corrected chi connectivity index (χ1v) is 7.56. The topological polar surface area (TPSA) is 87.4 Å². The minimum Gasteiger partial charge on any atom is -0.445 e. The molecule has 0 saturated carbocycles. The maximum absolute atomic E-state index is 12.0. The molecule has 0 saturated heterocycles. The van der Waals surface area contributed by atoms with Crippen molar-refractivity contribution >= 4 is 11.7 Å². The molecule has 1 unspecified atom stereocenters. The van der Waals surface area contributed by atoms with Gasteiger partial charge in [0.1, 0.15) is 6.26 Å². The number of urea groups is 1. The quantitative estimate of drug-likeness (QED) is 0.790. The van der Waals surface area contributed by atoms with Crippen molar-refractivity contribution in [1.29, 1.82) is 0 Å². The van der Waals surface area contributed by atoms with Crippen LogP contribution in [0.2, 0.25) is 0 Å². The fourth-order valence-electron chi connectivity index (χ4n) is 2.32. The summed E-state index contributed by atoms with van der Waals surface area (Å²) in [4.78, 5) is 16.1. The molecule has 0 radical (unpaired) electrons. The van der Waals surface area contributed by atoms with Crippen molar-refractivity contribution < 1.29 is 14.3 Å². The van der Waals surface area contributed by atoms with E-state index >= 15 is 0 Å². The van der Waals surface area contributed by atoms with Crippen LogP contribution in [0, 0.1) is 5.41 Å². The number of amides is 2. The van der Waals surface area contributed by atoms with Gasteiger partial charge < -0.3 is 20.2 Å². The average molecular weight is 317 g/mol. The van der Waals surface area contributed by atoms with Crippen molar-refractivity contribution in [3.63, 3.8) is 0 Å². The van der Waals surface area contributed by atoms with E-state index in [-0.39, 0.29) is 24.1 Å². The van der Waals surface area contributed by atoms with Crippen LogP contribution in [0.3, 0.4) is 0 Å². The number of rotatable bonds is 5. The molecule has 2 aromatic rings. The molecular formula is C17H23N3O3. The van der Waals surface area contributed by atoms with Gasteiger partial charge in [-0.2, -0.15) is 0 Å². The number of carbonyl (C=O) groups is 1. The molecule has 0 fully saturated rings. The second-order valence-corrected chi connectivity index (χ2v) is 6.66. The van der Waals surface area contributed by atoms with E-state index in [2.05, 4.69) is 36.4 Å². The van der Waals surface area contributed by atoms with Crippen molar-refractivity contribution in [2.45, 2.75) is 33.2 Å². The number of aliphatic hydroxyl groups is 1. The number of anilines is 1. The maximum Gasteiger partial charge on any atom is 0.319 e. The van der Waals surface area contributed by atoms with Crippen LogP contribution >= 0.6 is 0 Å². The maximum atomic E-state index is 12.0. The lowest BCUT2D eigenvalue weighted by Gasteiger charge is -2.25. The third-order valence-electron chi connectivity index (χ3n) is 3.24. The lowest BCUT2D eigenvalue weighted by atomic mass is 9.88. The highest BCUT2D eigenvalue weighted by atomic mass is 16.3. The summed E-state index contributed by atoms with van der Waals surface area (Å²) >= 11 is 0. The number of nitrogens with zero attached hydrogens (tertiary/aromatic N) is 1. The van der Waals surface area contributed by atoms with E-state index in [0.29, 0.717) is 18.0 Å². The Balaban J connectivity index is 1.92. The first kappa shape index (κ1) is 17.0. The van der Waals surface area contributed by atoms with Crippen LogP contribution in [0.1, 0.15) is 27.2 Å². The first-order chi connectivity index (χ1) is 10.9. The number of aromatic nitrogens is 1. The Morgan fingerprint density at radius 3 is 2.52 bits per heavy atom. The average Bonchev–Trinajstić information content (AvgIpc) is 3.00. The molecule has 2 amide bonds. The predicted molar refractivity (Wildman–Crippen MR) is 89.0 cm³/mol. The van der Waals surface area contributed by atoms with E-state index in [0.717, 1.165) is 5.56 Å². The molecule has 3 N–H and O–H groups in total. The van der Waals surface area contributed by atoms with Gasteiger partial charge in [0.15, 0.2) is 0 Å². The molecule has 2 rings (SSSR count). The summed E-state index contributed by atoms with van der Waals surface area (Å²) in [6.45, 7) is 6.11. The Kier molecular flexibility index (Phi) is 5.39. The summed E-state index contributed by atoms with van der Waals surface area (Å²) in [5, 5.41) is 14.9. The standard InChI is InChI=1S/C17H23N3O3/c1-17(2,3)10-14(11-21)20-16(22)19-13-6-4-12(5-7-13)15-18-8-9-23-15/h4-9,14,21H,10-11H2,1-3H3,(H2,19,20,22). The molecule has 0 bridgehead atoms. The van der Waals surface area contributed by atoms with E-state index in [1.807, 2.05) is 12.1 Å². The van der Waals surface area contributed by atoms with Crippen LogP contribution < -0.4 is 10.6 Å². The Bertz CT molecular complexity index is 616. The summed E-state index contributed by atoms with van der Waals surface area (Å²) in [5.41, 5.74) is 1.52. The molecule has 0 aliphatic carbocycles. The minimum atomic E-state index is -0.336. The number of oxazole rings is 1. The van der Waals surface area contributed by atoms with Gasteiger partial charge in [0.2, 0.25) is 5.89 Å². The van der Waals surface area contributed by atoms with E-state index < -0.39 is 0 Å². The number of benzene rings is 1. The number of nitrogens with one attached hydrogen (secondary N) is 2. The minimum absolute atomic E-state index is 0.0262. The highest BCUT2D eigenvalue weighted by molar-refractivity contribution is 5.89. The Hall–Kier alpha value is -2.34. The molecular weight excluding hydrogens is 294 g/mol. The smallest absolute Gasteiger partial charge is 0.319 e. The molecule has 0 spiro atoms. The third-order valence-corrected chi connectivity index (χ3v) is 3.24. The molecule has 1 heterocycles. The summed E-state index contributed by atoms with van der Waals surface area (Å²) < 4.78 is 5.22. The van der Waals surface area contributed by atoms with Crippen LogP contribution in [-0.2, 0) is 0 Å². The van der Waals surface area contributed by atoms with Crippen LogP contribution in [0.4, 0.5) is 10.5 Å². The SMILES string of the molecule is CC(C)(C)CC(CO)NC(=O)Nc1ccc(-c2ncco2)cc1. The van der Waals surface area contributed by atoms with Crippen LogP contribution in [-0.4, -0.2) is 28.8 Å². The molecule has 6 heteroatoms. The molecule has 1 aromatic heterocycles. The van der Waals surface area contributed by atoms with E-state index in [4.69, 9.17) is 4.42 Å².